The lowest BCUT2D eigenvalue weighted by Crippen LogP contribution is -2.25. The maximum absolute atomic E-state index is 10.7. The lowest BCUT2D eigenvalue weighted by molar-refractivity contribution is -0.384. The molecule has 0 saturated carbocycles. The molecule has 1 N–H and O–H groups in total. The summed E-state index contributed by atoms with van der Waals surface area (Å²) in [5.41, 5.74) is 1.05. The van der Waals surface area contributed by atoms with Crippen LogP contribution < -0.4 is 5.32 Å². The Morgan fingerprint density at radius 1 is 1.38 bits per heavy atom. The summed E-state index contributed by atoms with van der Waals surface area (Å²) in [6.07, 6.45) is 0.987. The van der Waals surface area contributed by atoms with Crippen molar-refractivity contribution in [3.8, 4) is 0 Å². The minimum atomic E-state index is -0.445. The van der Waals surface area contributed by atoms with E-state index >= 15 is 0 Å². The average molecular weight is 292 g/mol. The molecule has 0 bridgehead atoms. The summed E-state index contributed by atoms with van der Waals surface area (Å²) in [5.74, 6) is 0. The minimum Gasteiger partial charge on any atom is -0.423 e. The number of nitro groups is 1. The summed E-state index contributed by atoms with van der Waals surface area (Å²) < 4.78 is 5.48. The van der Waals surface area contributed by atoms with Crippen molar-refractivity contribution in [1.82, 2.24) is 9.88 Å². The second-order valence-corrected chi connectivity index (χ2v) is 4.74. The summed E-state index contributed by atoms with van der Waals surface area (Å²) >= 11 is 0. The zero-order valence-electron chi connectivity index (χ0n) is 12.3. The van der Waals surface area contributed by atoms with Crippen molar-refractivity contribution in [2.24, 2.45) is 0 Å². The van der Waals surface area contributed by atoms with Gasteiger partial charge in [0.2, 0.25) is 0 Å². The second-order valence-electron chi connectivity index (χ2n) is 4.74. The van der Waals surface area contributed by atoms with E-state index in [0.717, 1.165) is 32.6 Å². The second kappa shape index (κ2) is 7.03. The maximum Gasteiger partial charge on any atom is 0.295 e. The number of nitrogens with zero attached hydrogens (tertiary/aromatic N) is 3. The number of benzene rings is 1. The highest BCUT2D eigenvalue weighted by Gasteiger charge is 2.11. The molecule has 7 heteroatoms. The van der Waals surface area contributed by atoms with Crippen LogP contribution in [0.25, 0.3) is 11.1 Å². The van der Waals surface area contributed by atoms with Crippen molar-refractivity contribution in [1.29, 1.82) is 0 Å². The molecular formula is C14H20N4O3. The molecule has 0 saturated heterocycles. The van der Waals surface area contributed by atoms with Crippen LogP contribution in [-0.2, 0) is 0 Å². The molecule has 1 aromatic heterocycles. The van der Waals surface area contributed by atoms with E-state index < -0.39 is 4.92 Å². The Balaban J connectivity index is 1.92. The molecule has 2 aromatic rings. The van der Waals surface area contributed by atoms with Gasteiger partial charge in [-0.1, -0.05) is 13.8 Å². The van der Waals surface area contributed by atoms with Crippen molar-refractivity contribution in [2.75, 3.05) is 31.5 Å². The van der Waals surface area contributed by atoms with E-state index in [-0.39, 0.29) is 5.69 Å². The number of hydrogen-bond donors (Lipinski definition) is 1. The Morgan fingerprint density at radius 2 is 2.14 bits per heavy atom. The summed E-state index contributed by atoms with van der Waals surface area (Å²) in [7, 11) is 0. The van der Waals surface area contributed by atoms with Gasteiger partial charge in [-0.3, -0.25) is 10.1 Å². The van der Waals surface area contributed by atoms with E-state index in [1.54, 1.807) is 6.07 Å². The van der Waals surface area contributed by atoms with Gasteiger partial charge in [0.15, 0.2) is 5.58 Å². The van der Waals surface area contributed by atoms with Gasteiger partial charge in [-0.2, -0.15) is 4.98 Å². The third-order valence-corrected chi connectivity index (χ3v) is 3.40. The third-order valence-electron chi connectivity index (χ3n) is 3.40. The summed E-state index contributed by atoms with van der Waals surface area (Å²) in [5, 5.41) is 13.8. The van der Waals surface area contributed by atoms with E-state index in [4.69, 9.17) is 4.42 Å². The number of rotatable bonds is 8. The monoisotopic (exact) mass is 292 g/mol. The molecule has 1 aromatic carbocycles. The molecule has 0 fully saturated rings. The Labute approximate surface area is 123 Å². The standard InChI is InChI=1S/C14H20N4O3/c1-3-17(4-2)9-5-8-15-14-16-12-7-6-11(18(19)20)10-13(12)21-14/h6-7,10H,3-5,8-9H2,1-2H3,(H,15,16). The maximum atomic E-state index is 10.7. The first kappa shape index (κ1) is 15.2. The van der Waals surface area contributed by atoms with Crippen molar-refractivity contribution >= 4 is 22.8 Å². The molecule has 0 aliphatic rings. The number of non-ortho nitro benzene ring substituents is 1. The van der Waals surface area contributed by atoms with Crippen LogP contribution in [0.5, 0.6) is 0 Å². The molecular weight excluding hydrogens is 272 g/mol. The number of oxazole rings is 1. The first-order valence-electron chi connectivity index (χ1n) is 7.15. The molecule has 0 unspecified atom stereocenters. The van der Waals surface area contributed by atoms with Crippen LogP contribution in [-0.4, -0.2) is 41.0 Å². The number of hydrogen-bond acceptors (Lipinski definition) is 6. The quantitative estimate of drug-likeness (QED) is 0.457. The molecule has 114 valence electrons. The summed E-state index contributed by atoms with van der Waals surface area (Å²) in [6.45, 7) is 8.15. The molecule has 7 nitrogen and oxygen atoms in total. The molecule has 2 rings (SSSR count). The van der Waals surface area contributed by atoms with Gasteiger partial charge in [-0.25, -0.2) is 0 Å². The number of nitrogens with one attached hydrogen (secondary N) is 1. The highest BCUT2D eigenvalue weighted by Crippen LogP contribution is 2.23. The summed E-state index contributed by atoms with van der Waals surface area (Å²) in [4.78, 5) is 16.9. The SMILES string of the molecule is CCN(CC)CCCNc1nc2ccc([N+](=O)[O-])cc2o1. The first-order valence-corrected chi connectivity index (χ1v) is 7.15. The van der Waals surface area contributed by atoms with Crippen LogP contribution in [0.4, 0.5) is 11.7 Å². The largest absolute Gasteiger partial charge is 0.423 e. The number of fused-ring (bicyclic) bond motifs is 1. The Bertz CT molecular complexity index is 607. The van der Waals surface area contributed by atoms with E-state index in [1.165, 1.54) is 12.1 Å². The molecule has 0 amide bonds. The van der Waals surface area contributed by atoms with Gasteiger partial charge in [-0.05, 0) is 32.1 Å². The van der Waals surface area contributed by atoms with Gasteiger partial charge in [0, 0.05) is 12.6 Å². The average Bonchev–Trinajstić information content (AvgIpc) is 2.89. The zero-order chi connectivity index (χ0) is 15.2. The Kier molecular flexibility index (Phi) is 5.10. The van der Waals surface area contributed by atoms with Gasteiger partial charge < -0.3 is 14.6 Å². The van der Waals surface area contributed by atoms with Crippen molar-refractivity contribution in [2.45, 2.75) is 20.3 Å². The molecule has 0 aliphatic heterocycles. The highest BCUT2D eigenvalue weighted by atomic mass is 16.6. The van der Waals surface area contributed by atoms with Crippen molar-refractivity contribution < 1.29 is 9.34 Å². The topological polar surface area (TPSA) is 84.4 Å². The smallest absolute Gasteiger partial charge is 0.295 e. The van der Waals surface area contributed by atoms with E-state index in [9.17, 15) is 10.1 Å². The van der Waals surface area contributed by atoms with Crippen LogP contribution >= 0.6 is 0 Å². The predicted molar refractivity (Wildman–Crippen MR) is 81.6 cm³/mol. The fraction of sp³-hybridized carbons (Fsp3) is 0.500. The third kappa shape index (κ3) is 3.91. The fourth-order valence-electron chi connectivity index (χ4n) is 2.14. The van der Waals surface area contributed by atoms with Crippen LogP contribution in [0, 0.1) is 10.1 Å². The van der Waals surface area contributed by atoms with E-state index in [1.807, 2.05) is 0 Å². The van der Waals surface area contributed by atoms with Gasteiger partial charge in [0.1, 0.15) is 5.52 Å². The lowest BCUT2D eigenvalue weighted by atomic mass is 10.3. The van der Waals surface area contributed by atoms with Crippen LogP contribution in [0.1, 0.15) is 20.3 Å². The lowest BCUT2D eigenvalue weighted by Gasteiger charge is -2.17. The Morgan fingerprint density at radius 3 is 2.81 bits per heavy atom. The highest BCUT2D eigenvalue weighted by molar-refractivity contribution is 5.77. The first-order chi connectivity index (χ1) is 10.1. The van der Waals surface area contributed by atoms with Crippen molar-refractivity contribution in [3.05, 3.63) is 28.3 Å². The van der Waals surface area contributed by atoms with E-state index in [0.29, 0.717) is 17.1 Å². The molecule has 0 atom stereocenters. The summed E-state index contributed by atoms with van der Waals surface area (Å²) in [6, 6.07) is 4.82. The molecule has 0 radical (unpaired) electrons. The van der Waals surface area contributed by atoms with Gasteiger partial charge in [0.05, 0.1) is 11.0 Å². The van der Waals surface area contributed by atoms with Gasteiger partial charge in [0.25, 0.3) is 11.7 Å². The normalized spacial score (nSPS) is 11.2. The number of anilines is 1. The van der Waals surface area contributed by atoms with Gasteiger partial charge in [-0.15, -0.1) is 0 Å². The van der Waals surface area contributed by atoms with Gasteiger partial charge >= 0.3 is 0 Å². The molecule has 21 heavy (non-hydrogen) atoms. The molecule has 0 aliphatic carbocycles. The Hall–Kier alpha value is -2.15. The molecule has 1 heterocycles. The van der Waals surface area contributed by atoms with Crippen LogP contribution in [0.2, 0.25) is 0 Å². The molecule has 0 spiro atoms. The number of aromatic nitrogens is 1. The number of nitro benzene ring substituents is 1. The zero-order valence-corrected chi connectivity index (χ0v) is 12.3. The van der Waals surface area contributed by atoms with E-state index in [2.05, 4.69) is 29.0 Å². The van der Waals surface area contributed by atoms with Crippen LogP contribution in [0.3, 0.4) is 0 Å². The van der Waals surface area contributed by atoms with Crippen molar-refractivity contribution in [3.63, 3.8) is 0 Å². The fourth-order valence-corrected chi connectivity index (χ4v) is 2.14. The minimum absolute atomic E-state index is 0.00623. The van der Waals surface area contributed by atoms with Crippen LogP contribution in [0.15, 0.2) is 22.6 Å². The predicted octanol–water partition coefficient (Wildman–Crippen LogP) is 2.88.